The quantitative estimate of drug-likeness (QED) is 0.178. The normalized spacial score (nSPS) is 15.7. The SMILES string of the molecule is Cc1ccc(C2=C3C(=O)N(C)C(c4ccc(-c5ccc(-c6c7c(c(-c8ccc(C)s8)c8nsnc68)N=S=N7)s5)s4)=C3C(=O)N2C)s1. The van der Waals surface area contributed by atoms with Crippen LogP contribution in [0.2, 0.25) is 0 Å². The third-order valence-electron chi connectivity index (χ3n) is 8.25. The van der Waals surface area contributed by atoms with Gasteiger partial charge >= 0.3 is 0 Å². The van der Waals surface area contributed by atoms with Gasteiger partial charge in [-0.05, 0) is 62.4 Å². The summed E-state index contributed by atoms with van der Waals surface area (Å²) in [6.45, 7) is 4.12. The molecule has 0 radical (unpaired) electrons. The smallest absolute Gasteiger partial charge is 0.261 e. The predicted octanol–water partition coefficient (Wildman–Crippen LogP) is 9.35. The average Bonchev–Trinajstić information content (AvgIpc) is 3.87. The molecule has 3 aliphatic rings. The molecule has 46 heavy (non-hydrogen) atoms. The Morgan fingerprint density at radius 1 is 0.543 bits per heavy atom. The van der Waals surface area contributed by atoms with Crippen molar-refractivity contribution in [3.63, 3.8) is 0 Å². The van der Waals surface area contributed by atoms with Crippen molar-refractivity contribution in [1.29, 1.82) is 0 Å². The van der Waals surface area contributed by atoms with Crippen molar-refractivity contribution in [1.82, 2.24) is 18.5 Å². The first kappa shape index (κ1) is 28.3. The van der Waals surface area contributed by atoms with E-state index in [1.54, 1.807) is 69.2 Å². The number of rotatable bonds is 5. The number of carbonyl (C=O) groups excluding carboxylic acids is 2. The molecule has 9 rings (SSSR count). The largest absolute Gasteiger partial charge is 0.309 e. The number of thiophene rings is 4. The van der Waals surface area contributed by atoms with Crippen molar-refractivity contribution in [2.24, 2.45) is 8.73 Å². The molecule has 0 unspecified atom stereocenters. The molecular formula is C32H20N6O2S6. The van der Waals surface area contributed by atoms with Crippen LogP contribution in [0.1, 0.15) is 19.5 Å². The second-order valence-electron chi connectivity index (χ2n) is 11.0. The van der Waals surface area contributed by atoms with Crippen molar-refractivity contribution < 1.29 is 9.59 Å². The Morgan fingerprint density at radius 3 is 1.48 bits per heavy atom. The Bertz CT molecular complexity index is 2480. The number of aryl methyl sites for hydroxylation is 2. The zero-order chi connectivity index (χ0) is 31.4. The minimum atomic E-state index is -0.153. The van der Waals surface area contributed by atoms with E-state index in [0.717, 1.165) is 67.7 Å². The molecule has 226 valence electrons. The topological polar surface area (TPSA) is 91.1 Å². The summed E-state index contributed by atoms with van der Waals surface area (Å²) >= 11 is 8.97. The molecule has 3 aliphatic heterocycles. The maximum Gasteiger partial charge on any atom is 0.261 e. The number of amides is 2. The molecule has 0 fully saturated rings. The first-order valence-electron chi connectivity index (χ1n) is 14.1. The van der Waals surface area contributed by atoms with Crippen molar-refractivity contribution in [2.75, 3.05) is 14.1 Å². The molecule has 8 nitrogen and oxygen atoms in total. The molecule has 0 bridgehead atoms. The molecule has 14 heteroatoms. The van der Waals surface area contributed by atoms with E-state index in [9.17, 15) is 9.59 Å². The van der Waals surface area contributed by atoms with E-state index in [1.165, 1.54) is 28.0 Å². The van der Waals surface area contributed by atoms with Gasteiger partial charge in [0.25, 0.3) is 11.8 Å². The summed E-state index contributed by atoms with van der Waals surface area (Å²) < 4.78 is 18.9. The molecule has 0 N–H and O–H groups in total. The van der Waals surface area contributed by atoms with E-state index in [4.69, 9.17) is 17.5 Å². The second-order valence-corrected chi connectivity index (χ2v) is 16.8. The first-order chi connectivity index (χ1) is 22.3. The summed E-state index contributed by atoms with van der Waals surface area (Å²) in [6, 6.07) is 16.5. The van der Waals surface area contributed by atoms with Crippen LogP contribution in [0.25, 0.3) is 53.1 Å². The van der Waals surface area contributed by atoms with Crippen LogP contribution in [-0.4, -0.2) is 44.5 Å². The third-order valence-corrected chi connectivity index (χ3v) is 13.7. The maximum absolute atomic E-state index is 13.6. The molecule has 2 amide bonds. The van der Waals surface area contributed by atoms with Crippen molar-refractivity contribution >= 4 is 114 Å². The molecule has 5 aromatic heterocycles. The summed E-state index contributed by atoms with van der Waals surface area (Å²) in [5.41, 5.74) is 7.65. The fourth-order valence-electron chi connectivity index (χ4n) is 6.16. The highest BCUT2D eigenvalue weighted by Gasteiger charge is 2.47. The Hall–Kier alpha value is -3.92. The molecule has 6 aromatic rings. The summed E-state index contributed by atoms with van der Waals surface area (Å²) in [5, 5.41) is 0. The predicted molar refractivity (Wildman–Crippen MR) is 192 cm³/mol. The van der Waals surface area contributed by atoms with Gasteiger partial charge in [-0.15, -0.1) is 45.3 Å². The van der Waals surface area contributed by atoms with Crippen LogP contribution in [0.4, 0.5) is 11.4 Å². The number of nitrogens with zero attached hydrogens (tertiary/aromatic N) is 6. The zero-order valence-electron chi connectivity index (χ0n) is 24.6. The molecule has 0 spiro atoms. The van der Waals surface area contributed by atoms with Crippen LogP contribution >= 0.6 is 57.1 Å². The van der Waals surface area contributed by atoms with Crippen LogP contribution in [0.5, 0.6) is 0 Å². The Morgan fingerprint density at radius 2 is 0.957 bits per heavy atom. The van der Waals surface area contributed by atoms with Crippen LogP contribution < -0.4 is 0 Å². The minimum absolute atomic E-state index is 0.153. The highest BCUT2D eigenvalue weighted by atomic mass is 32.1. The van der Waals surface area contributed by atoms with Crippen molar-refractivity contribution in [3.8, 4) is 30.6 Å². The van der Waals surface area contributed by atoms with E-state index < -0.39 is 0 Å². The summed E-state index contributed by atoms with van der Waals surface area (Å²) in [5.74, 6) is -0.305. The lowest BCUT2D eigenvalue weighted by molar-refractivity contribution is -0.123. The van der Waals surface area contributed by atoms with E-state index in [1.807, 2.05) is 25.1 Å². The van der Waals surface area contributed by atoms with E-state index in [2.05, 4.69) is 37.3 Å². The van der Waals surface area contributed by atoms with Crippen LogP contribution in [-0.2, 0) is 20.9 Å². The number of likely N-dealkylation sites (N-methyl/N-ethyl adjacent to an activating group) is 2. The number of aromatic nitrogens is 2. The number of benzene rings is 1. The van der Waals surface area contributed by atoms with E-state index in [-0.39, 0.29) is 11.8 Å². The van der Waals surface area contributed by atoms with Gasteiger partial charge in [-0.1, -0.05) is 0 Å². The van der Waals surface area contributed by atoms with Gasteiger partial charge in [-0.2, -0.15) is 17.5 Å². The van der Waals surface area contributed by atoms with Crippen LogP contribution in [0.3, 0.4) is 0 Å². The molecule has 0 saturated heterocycles. The Kier molecular flexibility index (Phi) is 6.33. The molecule has 1 aromatic carbocycles. The van der Waals surface area contributed by atoms with Gasteiger partial charge in [0.05, 0.1) is 55.4 Å². The lowest BCUT2D eigenvalue weighted by Gasteiger charge is -2.18. The highest BCUT2D eigenvalue weighted by molar-refractivity contribution is 7.58. The molecule has 0 saturated carbocycles. The Labute approximate surface area is 286 Å². The number of fused-ring (bicyclic) bond motifs is 3. The number of hydrogen-bond acceptors (Lipinski definition) is 11. The minimum Gasteiger partial charge on any atom is -0.309 e. The van der Waals surface area contributed by atoms with Gasteiger partial charge in [-0.3, -0.25) is 9.59 Å². The summed E-state index contributed by atoms with van der Waals surface area (Å²) in [7, 11) is 3.51. The fraction of sp³-hybridized carbons (Fsp3) is 0.125. The highest BCUT2D eigenvalue weighted by Crippen LogP contribution is 2.55. The standard InChI is InChI=1S/C32H20N6O2S6/c1-13-5-7-17(41-13)21-25-27(35-45-33-25)22(28-26(21)34-46-36-28)18-11-9-15(43-18)16-10-12-20(44-16)30-24-23(31(39)38(30)4)29(37(3)32(24)40)19-8-6-14(2)42-19/h5-12H,1-4H3. The molecular weight excluding hydrogens is 693 g/mol. The monoisotopic (exact) mass is 712 g/mol. The van der Waals surface area contributed by atoms with Crippen molar-refractivity contribution in [3.05, 3.63) is 79.2 Å². The van der Waals surface area contributed by atoms with Crippen LogP contribution in [0.15, 0.2) is 68.4 Å². The Balaban J connectivity index is 1.13. The molecule has 0 aliphatic carbocycles. The average molecular weight is 713 g/mol. The number of hydrogen-bond donors (Lipinski definition) is 0. The lowest BCUT2D eigenvalue weighted by Crippen LogP contribution is -2.24. The second kappa shape index (κ2) is 10.3. The zero-order valence-corrected chi connectivity index (χ0v) is 29.5. The van der Waals surface area contributed by atoms with Crippen LogP contribution in [0, 0.1) is 13.8 Å². The van der Waals surface area contributed by atoms with Gasteiger partial charge in [0.2, 0.25) is 0 Å². The fourth-order valence-corrected chi connectivity index (χ4v) is 11.4. The molecule has 8 heterocycles. The van der Waals surface area contributed by atoms with E-state index >= 15 is 0 Å². The van der Waals surface area contributed by atoms with E-state index in [0.29, 0.717) is 22.5 Å². The molecule has 0 atom stereocenters. The van der Waals surface area contributed by atoms with Gasteiger partial charge in [-0.25, -0.2) is 0 Å². The van der Waals surface area contributed by atoms with Gasteiger partial charge in [0.15, 0.2) is 0 Å². The maximum atomic E-state index is 13.6. The summed E-state index contributed by atoms with van der Waals surface area (Å²) in [4.78, 5) is 38.9. The lowest BCUT2D eigenvalue weighted by atomic mass is 10.0. The van der Waals surface area contributed by atoms with Gasteiger partial charge in [0, 0.05) is 54.5 Å². The third kappa shape index (κ3) is 3.98. The van der Waals surface area contributed by atoms with Crippen molar-refractivity contribution in [2.45, 2.75) is 13.8 Å². The first-order valence-corrected chi connectivity index (χ1v) is 18.8. The van der Waals surface area contributed by atoms with Gasteiger partial charge < -0.3 is 9.80 Å². The number of carbonyl (C=O) groups is 2. The van der Waals surface area contributed by atoms with Gasteiger partial charge in [0.1, 0.15) is 22.4 Å². The summed E-state index contributed by atoms with van der Waals surface area (Å²) in [6.07, 6.45) is 0.